The minimum atomic E-state index is -4.64. The van der Waals surface area contributed by atoms with Crippen molar-refractivity contribution in [3.8, 4) is 11.1 Å². The summed E-state index contributed by atoms with van der Waals surface area (Å²) in [6, 6.07) is 26.6. The van der Waals surface area contributed by atoms with E-state index < -0.39 is 47.2 Å². The molecular formula is C37H34F3NO6. The molecule has 7 nitrogen and oxygen atoms in total. The first-order valence-electron chi connectivity index (χ1n) is 15.0. The van der Waals surface area contributed by atoms with Gasteiger partial charge in [0.05, 0.1) is 18.8 Å². The number of ether oxygens (including phenoxy) is 2. The first-order valence-corrected chi connectivity index (χ1v) is 15.0. The summed E-state index contributed by atoms with van der Waals surface area (Å²) in [7, 11) is 0. The van der Waals surface area contributed by atoms with Crippen LogP contribution in [0.2, 0.25) is 0 Å². The number of carbonyl (C=O) groups is 4. The quantitative estimate of drug-likeness (QED) is 0.120. The first-order chi connectivity index (χ1) is 22.5. The SMILES string of the molecule is CCOC(=O)C(CC(=O)Cc1ccc(NC(=O)c2cc(C(F)(F)F)ccc2-c2ccccc2)cc1)(Cc1ccccc1)C(=O)OCC. The van der Waals surface area contributed by atoms with Gasteiger partial charge in [-0.15, -0.1) is 0 Å². The van der Waals surface area contributed by atoms with Crippen molar-refractivity contribution >= 4 is 29.3 Å². The second-order valence-electron chi connectivity index (χ2n) is 10.9. The number of ketones is 1. The highest BCUT2D eigenvalue weighted by Crippen LogP contribution is 2.35. The molecular weight excluding hydrogens is 611 g/mol. The summed E-state index contributed by atoms with van der Waals surface area (Å²) in [6.07, 6.45) is -5.34. The van der Waals surface area contributed by atoms with Crippen molar-refractivity contribution in [2.75, 3.05) is 18.5 Å². The van der Waals surface area contributed by atoms with Crippen molar-refractivity contribution in [2.24, 2.45) is 5.41 Å². The van der Waals surface area contributed by atoms with Gasteiger partial charge in [-0.3, -0.25) is 19.2 Å². The Morgan fingerprint density at radius 1 is 0.702 bits per heavy atom. The van der Waals surface area contributed by atoms with E-state index in [2.05, 4.69) is 5.32 Å². The van der Waals surface area contributed by atoms with Gasteiger partial charge in [0.2, 0.25) is 0 Å². The Morgan fingerprint density at radius 2 is 1.28 bits per heavy atom. The van der Waals surface area contributed by atoms with Crippen molar-refractivity contribution in [2.45, 2.75) is 39.3 Å². The van der Waals surface area contributed by atoms with Gasteiger partial charge in [-0.1, -0.05) is 78.9 Å². The third kappa shape index (κ3) is 8.72. The van der Waals surface area contributed by atoms with Crippen LogP contribution in [0.4, 0.5) is 18.9 Å². The van der Waals surface area contributed by atoms with Crippen molar-refractivity contribution in [1.82, 2.24) is 0 Å². The lowest BCUT2D eigenvalue weighted by Crippen LogP contribution is -2.45. The minimum absolute atomic E-state index is 0.00346. The van der Waals surface area contributed by atoms with Crippen LogP contribution in [0.15, 0.2) is 103 Å². The van der Waals surface area contributed by atoms with E-state index in [1.165, 1.54) is 18.2 Å². The molecule has 4 rings (SSSR count). The summed E-state index contributed by atoms with van der Waals surface area (Å²) in [5.41, 5.74) is -0.618. The van der Waals surface area contributed by atoms with Gasteiger partial charge in [-0.2, -0.15) is 13.2 Å². The van der Waals surface area contributed by atoms with Gasteiger partial charge in [0.25, 0.3) is 5.91 Å². The normalized spacial score (nSPS) is 11.4. The van der Waals surface area contributed by atoms with Crippen molar-refractivity contribution in [1.29, 1.82) is 0 Å². The average molecular weight is 646 g/mol. The molecule has 4 aromatic carbocycles. The number of nitrogens with one attached hydrogen (secondary N) is 1. The molecule has 0 bridgehead atoms. The number of hydrogen-bond donors (Lipinski definition) is 1. The summed E-state index contributed by atoms with van der Waals surface area (Å²) in [5.74, 6) is -2.86. The third-order valence-corrected chi connectivity index (χ3v) is 7.47. The van der Waals surface area contributed by atoms with Crippen LogP contribution in [-0.2, 0) is 42.9 Å². The van der Waals surface area contributed by atoms with Gasteiger partial charge in [0, 0.05) is 24.1 Å². The molecule has 0 heterocycles. The van der Waals surface area contributed by atoms with Crippen molar-refractivity contribution < 1.29 is 41.8 Å². The molecule has 0 fully saturated rings. The van der Waals surface area contributed by atoms with Gasteiger partial charge in [0.1, 0.15) is 5.78 Å². The molecule has 0 aliphatic carbocycles. The number of carbonyl (C=O) groups excluding carboxylic acids is 4. The van der Waals surface area contributed by atoms with Crippen LogP contribution >= 0.6 is 0 Å². The maximum atomic E-state index is 13.5. The number of hydrogen-bond acceptors (Lipinski definition) is 6. The molecule has 0 saturated carbocycles. The van der Waals surface area contributed by atoms with Crippen LogP contribution in [0.1, 0.15) is 47.3 Å². The first kappa shape index (κ1) is 34.6. The lowest BCUT2D eigenvalue weighted by molar-refractivity contribution is -0.174. The number of rotatable bonds is 13. The fourth-order valence-electron chi connectivity index (χ4n) is 5.23. The van der Waals surface area contributed by atoms with E-state index >= 15 is 0 Å². The van der Waals surface area contributed by atoms with Crippen molar-refractivity contribution in [3.05, 3.63) is 125 Å². The molecule has 1 N–H and O–H groups in total. The Kier molecular flexibility index (Phi) is 11.3. The zero-order valence-electron chi connectivity index (χ0n) is 25.9. The Bertz CT molecular complexity index is 1690. The Balaban J connectivity index is 1.54. The molecule has 0 unspecified atom stereocenters. The highest BCUT2D eigenvalue weighted by molar-refractivity contribution is 6.09. The van der Waals surface area contributed by atoms with Gasteiger partial charge in [-0.05, 0) is 66.8 Å². The predicted molar refractivity (Wildman–Crippen MR) is 170 cm³/mol. The van der Waals surface area contributed by atoms with E-state index in [1.54, 1.807) is 86.6 Å². The van der Waals surface area contributed by atoms with Gasteiger partial charge >= 0.3 is 18.1 Å². The van der Waals surface area contributed by atoms with Gasteiger partial charge in [0.15, 0.2) is 5.41 Å². The molecule has 0 aliphatic rings. The topological polar surface area (TPSA) is 98.8 Å². The van der Waals surface area contributed by atoms with Crippen LogP contribution in [-0.4, -0.2) is 36.8 Å². The Morgan fingerprint density at radius 3 is 1.83 bits per heavy atom. The minimum Gasteiger partial charge on any atom is -0.465 e. The van der Waals surface area contributed by atoms with Crippen LogP contribution in [0.5, 0.6) is 0 Å². The van der Waals surface area contributed by atoms with E-state index in [0.717, 1.165) is 12.1 Å². The highest BCUT2D eigenvalue weighted by Gasteiger charge is 2.50. The molecule has 0 aromatic heterocycles. The number of esters is 2. The molecule has 0 atom stereocenters. The number of benzene rings is 4. The molecule has 0 saturated heterocycles. The third-order valence-electron chi connectivity index (χ3n) is 7.47. The zero-order valence-corrected chi connectivity index (χ0v) is 25.9. The molecule has 0 aliphatic heterocycles. The summed E-state index contributed by atoms with van der Waals surface area (Å²) in [4.78, 5) is 53.2. The van der Waals surface area contributed by atoms with Crippen LogP contribution in [0.3, 0.4) is 0 Å². The number of amides is 1. The maximum absolute atomic E-state index is 13.5. The van der Waals surface area contributed by atoms with Crippen LogP contribution in [0.25, 0.3) is 11.1 Å². The fourth-order valence-corrected chi connectivity index (χ4v) is 5.23. The van der Waals surface area contributed by atoms with Crippen LogP contribution < -0.4 is 5.32 Å². The molecule has 0 spiro atoms. The largest absolute Gasteiger partial charge is 0.465 e. The van der Waals surface area contributed by atoms with Crippen LogP contribution in [0, 0.1) is 5.41 Å². The molecule has 4 aromatic rings. The number of anilines is 1. The number of Topliss-reactive ketones (excluding diaryl/α,β-unsaturated/α-hetero) is 1. The zero-order chi connectivity index (χ0) is 34.0. The fraction of sp³-hybridized carbons (Fsp3) is 0.243. The average Bonchev–Trinajstić information content (AvgIpc) is 3.05. The van der Waals surface area contributed by atoms with E-state index in [9.17, 15) is 32.3 Å². The molecule has 10 heteroatoms. The Hall–Kier alpha value is -5.25. The molecule has 244 valence electrons. The molecule has 1 amide bonds. The smallest absolute Gasteiger partial charge is 0.416 e. The number of halogens is 3. The number of alkyl halides is 3. The second-order valence-corrected chi connectivity index (χ2v) is 10.9. The standard InChI is InChI=1S/C37H34F3NO6/c1-3-46-34(44)36(35(45)47-4-2,23-26-11-7-5-8-12-26)24-30(42)21-25-15-18-29(19-16-25)41-33(43)32-22-28(37(38,39)40)17-20-31(32)27-13-9-6-10-14-27/h5-20,22H,3-4,21,23-24H2,1-2H3,(H,41,43). The highest BCUT2D eigenvalue weighted by atomic mass is 19.4. The van der Waals surface area contributed by atoms with Gasteiger partial charge in [-0.25, -0.2) is 0 Å². The van der Waals surface area contributed by atoms with Gasteiger partial charge < -0.3 is 14.8 Å². The van der Waals surface area contributed by atoms with E-state index in [4.69, 9.17) is 9.47 Å². The molecule has 47 heavy (non-hydrogen) atoms. The van der Waals surface area contributed by atoms with E-state index in [0.29, 0.717) is 27.9 Å². The summed E-state index contributed by atoms with van der Waals surface area (Å²) < 4.78 is 51.0. The monoisotopic (exact) mass is 645 g/mol. The molecule has 0 radical (unpaired) electrons. The second kappa shape index (κ2) is 15.4. The maximum Gasteiger partial charge on any atom is 0.416 e. The predicted octanol–water partition coefficient (Wildman–Crippen LogP) is 7.48. The van der Waals surface area contributed by atoms with E-state index in [-0.39, 0.29) is 31.6 Å². The van der Waals surface area contributed by atoms with E-state index in [1.807, 2.05) is 0 Å². The summed E-state index contributed by atoms with van der Waals surface area (Å²) in [6.45, 7) is 3.22. The summed E-state index contributed by atoms with van der Waals surface area (Å²) >= 11 is 0. The summed E-state index contributed by atoms with van der Waals surface area (Å²) in [5, 5.41) is 2.64. The lowest BCUT2D eigenvalue weighted by Gasteiger charge is -2.29. The lowest BCUT2D eigenvalue weighted by atomic mass is 9.76. The Labute approximate surface area is 270 Å². The van der Waals surface area contributed by atoms with Crippen molar-refractivity contribution in [3.63, 3.8) is 0 Å².